The molecule has 29 heavy (non-hydrogen) atoms. The van der Waals surface area contributed by atoms with Crippen molar-refractivity contribution in [3.63, 3.8) is 0 Å². The van der Waals surface area contributed by atoms with Gasteiger partial charge in [-0.3, -0.25) is 14.4 Å². The van der Waals surface area contributed by atoms with Gasteiger partial charge in [-0.25, -0.2) is 0 Å². The summed E-state index contributed by atoms with van der Waals surface area (Å²) in [5.74, 6) is -0.366. The summed E-state index contributed by atoms with van der Waals surface area (Å²) in [5.41, 5.74) is 3.54. The zero-order chi connectivity index (χ0) is 20.8. The summed E-state index contributed by atoms with van der Waals surface area (Å²) in [6.45, 7) is 2.69. The van der Waals surface area contributed by atoms with Crippen LogP contribution in [0.2, 0.25) is 0 Å². The van der Waals surface area contributed by atoms with Gasteiger partial charge in [0.25, 0.3) is 0 Å². The normalized spacial score (nSPS) is 13.7. The molecule has 0 aliphatic carbocycles. The van der Waals surface area contributed by atoms with Crippen LogP contribution in [0.15, 0.2) is 54.6 Å². The monoisotopic (exact) mass is 391 g/mol. The van der Waals surface area contributed by atoms with Crippen LogP contribution in [-0.4, -0.2) is 42.8 Å². The van der Waals surface area contributed by atoms with Crippen molar-refractivity contribution in [2.75, 3.05) is 30.4 Å². The van der Waals surface area contributed by atoms with Gasteiger partial charge >= 0.3 is 0 Å². The largest absolute Gasteiger partial charge is 0.333 e. The van der Waals surface area contributed by atoms with Crippen molar-refractivity contribution in [2.24, 2.45) is 0 Å². The smallest absolute Gasteiger partial charge is 0.246 e. The van der Waals surface area contributed by atoms with Crippen LogP contribution >= 0.6 is 0 Å². The number of carbonyl (C=O) groups is 3. The molecule has 6 heteroatoms. The van der Waals surface area contributed by atoms with E-state index in [-0.39, 0.29) is 24.3 Å². The number of rotatable bonds is 6. The molecule has 0 atom stereocenters. The molecule has 1 N–H and O–H groups in total. The number of likely N-dealkylation sites (N-methyl/N-ethyl adjacent to an activating group) is 1. The fourth-order valence-electron chi connectivity index (χ4n) is 3.11. The number of nitrogens with zero attached hydrogens (tertiary/aromatic N) is 2. The second kappa shape index (κ2) is 9.19. The lowest BCUT2D eigenvalue weighted by molar-refractivity contribution is -0.129. The number of aryl methyl sites for hydroxylation is 1. The zero-order valence-corrected chi connectivity index (χ0v) is 16.7. The summed E-state index contributed by atoms with van der Waals surface area (Å²) in [5, 5.41) is 2.78. The fourth-order valence-corrected chi connectivity index (χ4v) is 3.11. The number of carbonyl (C=O) groups excluding carboxylic acids is 3. The molecule has 1 heterocycles. The number of hydrogen-bond donors (Lipinski definition) is 1. The molecule has 0 bridgehead atoms. The quantitative estimate of drug-likeness (QED) is 0.769. The Hall–Kier alpha value is -3.41. The van der Waals surface area contributed by atoms with Gasteiger partial charge < -0.3 is 15.1 Å². The Bertz CT molecular complexity index is 917. The predicted molar refractivity (Wildman–Crippen MR) is 115 cm³/mol. The highest BCUT2D eigenvalue weighted by molar-refractivity contribution is 5.98. The third-order valence-electron chi connectivity index (χ3n) is 4.79. The minimum absolute atomic E-state index is 0.0347. The van der Waals surface area contributed by atoms with Crippen molar-refractivity contribution in [3.8, 4) is 0 Å². The first kappa shape index (κ1) is 20.3. The maximum Gasteiger partial charge on any atom is 0.246 e. The highest BCUT2D eigenvalue weighted by atomic mass is 16.2. The van der Waals surface area contributed by atoms with Crippen LogP contribution in [0, 0.1) is 6.92 Å². The molecule has 0 aromatic heterocycles. The van der Waals surface area contributed by atoms with Crippen LogP contribution in [0.4, 0.5) is 11.4 Å². The average molecular weight is 391 g/mol. The Morgan fingerprint density at radius 3 is 2.41 bits per heavy atom. The Labute approximate surface area is 170 Å². The van der Waals surface area contributed by atoms with E-state index in [9.17, 15) is 14.4 Å². The highest BCUT2D eigenvalue weighted by Gasteiger charge is 2.21. The first-order chi connectivity index (χ1) is 13.9. The summed E-state index contributed by atoms with van der Waals surface area (Å²) in [4.78, 5) is 39.3. The molecule has 1 aliphatic heterocycles. The molecular formula is C23H25N3O3. The van der Waals surface area contributed by atoms with E-state index in [4.69, 9.17) is 0 Å². The first-order valence-electron chi connectivity index (χ1n) is 9.62. The van der Waals surface area contributed by atoms with Gasteiger partial charge in [0, 0.05) is 37.5 Å². The highest BCUT2D eigenvalue weighted by Crippen LogP contribution is 2.21. The Kier molecular flexibility index (Phi) is 6.44. The molecule has 0 radical (unpaired) electrons. The molecule has 3 rings (SSSR count). The third kappa shape index (κ3) is 5.54. The molecule has 150 valence electrons. The van der Waals surface area contributed by atoms with Crippen molar-refractivity contribution >= 4 is 35.2 Å². The van der Waals surface area contributed by atoms with Gasteiger partial charge in [-0.2, -0.15) is 0 Å². The van der Waals surface area contributed by atoms with Crippen molar-refractivity contribution in [1.82, 2.24) is 4.90 Å². The molecule has 1 fully saturated rings. The first-order valence-corrected chi connectivity index (χ1v) is 9.62. The third-order valence-corrected chi connectivity index (χ3v) is 4.79. The van der Waals surface area contributed by atoms with Crippen LogP contribution in [0.3, 0.4) is 0 Å². The molecular weight excluding hydrogens is 366 g/mol. The number of amides is 3. The summed E-state index contributed by atoms with van der Waals surface area (Å²) in [6.07, 6.45) is 4.63. The van der Waals surface area contributed by atoms with E-state index < -0.39 is 0 Å². The van der Waals surface area contributed by atoms with Crippen molar-refractivity contribution < 1.29 is 14.4 Å². The number of hydrogen-bond acceptors (Lipinski definition) is 3. The van der Waals surface area contributed by atoms with E-state index in [1.54, 1.807) is 18.0 Å². The minimum Gasteiger partial charge on any atom is -0.333 e. The van der Waals surface area contributed by atoms with Crippen LogP contribution < -0.4 is 10.2 Å². The van der Waals surface area contributed by atoms with Crippen LogP contribution in [-0.2, 0) is 14.4 Å². The van der Waals surface area contributed by atoms with Crippen LogP contribution in [0.5, 0.6) is 0 Å². The molecule has 2 aromatic carbocycles. The standard InChI is InChI=1S/C23H25N3O3/c1-17-5-10-19(11-6-17)24-21(27)16-25(2)22(28)14-9-18-7-12-20(13-8-18)26-15-3-4-23(26)29/h5-14H,3-4,15-16H2,1-2H3,(H,24,27)/b14-9+. The lowest BCUT2D eigenvalue weighted by Crippen LogP contribution is -2.33. The number of benzene rings is 2. The maximum atomic E-state index is 12.3. The van der Waals surface area contributed by atoms with E-state index in [0.29, 0.717) is 12.1 Å². The van der Waals surface area contributed by atoms with E-state index in [2.05, 4.69) is 5.32 Å². The summed E-state index contributed by atoms with van der Waals surface area (Å²) in [7, 11) is 1.59. The van der Waals surface area contributed by atoms with E-state index in [1.165, 1.54) is 11.0 Å². The molecule has 1 saturated heterocycles. The van der Waals surface area contributed by atoms with Crippen LogP contribution in [0.1, 0.15) is 24.0 Å². The summed E-state index contributed by atoms with van der Waals surface area (Å²) < 4.78 is 0. The van der Waals surface area contributed by atoms with Crippen molar-refractivity contribution in [1.29, 1.82) is 0 Å². The topological polar surface area (TPSA) is 69.7 Å². The molecule has 2 aromatic rings. The predicted octanol–water partition coefficient (Wildman–Crippen LogP) is 3.23. The minimum atomic E-state index is -0.261. The van der Waals surface area contributed by atoms with E-state index >= 15 is 0 Å². The second-order valence-corrected chi connectivity index (χ2v) is 7.18. The molecule has 0 saturated carbocycles. The number of anilines is 2. The lowest BCUT2D eigenvalue weighted by atomic mass is 10.2. The van der Waals surface area contributed by atoms with Gasteiger partial charge in [-0.1, -0.05) is 29.8 Å². The van der Waals surface area contributed by atoms with Gasteiger partial charge in [0.2, 0.25) is 17.7 Å². The van der Waals surface area contributed by atoms with Gasteiger partial charge in [0.1, 0.15) is 0 Å². The molecule has 3 amide bonds. The Morgan fingerprint density at radius 2 is 1.79 bits per heavy atom. The lowest BCUT2D eigenvalue weighted by Gasteiger charge is -2.16. The van der Waals surface area contributed by atoms with Crippen molar-refractivity contribution in [3.05, 3.63) is 65.7 Å². The van der Waals surface area contributed by atoms with E-state index in [0.717, 1.165) is 29.8 Å². The van der Waals surface area contributed by atoms with E-state index in [1.807, 2.05) is 55.5 Å². The molecule has 0 spiro atoms. The van der Waals surface area contributed by atoms with Gasteiger partial charge in [0.15, 0.2) is 0 Å². The molecule has 6 nitrogen and oxygen atoms in total. The summed E-state index contributed by atoms with van der Waals surface area (Å²) >= 11 is 0. The summed E-state index contributed by atoms with van der Waals surface area (Å²) in [6, 6.07) is 15.0. The molecule has 0 unspecified atom stereocenters. The zero-order valence-electron chi connectivity index (χ0n) is 16.7. The maximum absolute atomic E-state index is 12.3. The van der Waals surface area contributed by atoms with Crippen molar-refractivity contribution in [2.45, 2.75) is 19.8 Å². The van der Waals surface area contributed by atoms with Gasteiger partial charge in [0.05, 0.1) is 6.54 Å². The van der Waals surface area contributed by atoms with Crippen LogP contribution in [0.25, 0.3) is 6.08 Å². The number of nitrogens with one attached hydrogen (secondary N) is 1. The van der Waals surface area contributed by atoms with Gasteiger partial charge in [-0.15, -0.1) is 0 Å². The second-order valence-electron chi connectivity index (χ2n) is 7.18. The Morgan fingerprint density at radius 1 is 1.10 bits per heavy atom. The Balaban J connectivity index is 1.52. The fraction of sp³-hybridized carbons (Fsp3) is 0.261. The average Bonchev–Trinajstić information content (AvgIpc) is 3.14. The SMILES string of the molecule is Cc1ccc(NC(=O)CN(C)C(=O)/C=C/c2ccc(N3CCCC3=O)cc2)cc1. The molecule has 1 aliphatic rings. The van der Waals surface area contributed by atoms with Gasteiger partial charge in [-0.05, 0) is 49.2 Å².